The van der Waals surface area contributed by atoms with Crippen molar-refractivity contribution in [3.8, 4) is 79.0 Å². The summed E-state index contributed by atoms with van der Waals surface area (Å²) in [6.07, 6.45) is 0. The maximum Gasteiger partial charge on any atom is 0.164 e. The van der Waals surface area contributed by atoms with Crippen LogP contribution in [0, 0.1) is 0 Å². The highest BCUT2D eigenvalue weighted by Gasteiger charge is 2.51. The lowest BCUT2D eigenvalue weighted by atomic mass is 9.66. The van der Waals surface area contributed by atoms with Gasteiger partial charge >= 0.3 is 0 Å². The van der Waals surface area contributed by atoms with Crippen LogP contribution in [0.15, 0.2) is 212 Å². The van der Waals surface area contributed by atoms with Crippen LogP contribution in [-0.4, -0.2) is 15.0 Å². The highest BCUT2D eigenvalue weighted by atomic mass is 16.5. The van der Waals surface area contributed by atoms with E-state index in [1.807, 2.05) is 30.3 Å². The summed E-state index contributed by atoms with van der Waals surface area (Å²) in [7, 11) is 0. The number of rotatable bonds is 5. The fraction of sp³-hybridized carbons (Fsp3) is 0.0179. The summed E-state index contributed by atoms with van der Waals surface area (Å²) in [5, 5.41) is 2.45. The minimum absolute atomic E-state index is 0.539. The van der Waals surface area contributed by atoms with Crippen molar-refractivity contribution in [1.82, 2.24) is 15.0 Å². The zero-order chi connectivity index (χ0) is 39.6. The van der Waals surface area contributed by atoms with Crippen molar-refractivity contribution in [2.75, 3.05) is 0 Å². The SMILES string of the molecule is c1ccc(-c2nc(-c3ccc(-c4ccc5ccccc5c4)cc3)nc(-c3cccc(-c4ccc5c(c4)C4(c6ccccc6Oc6ccccc64)c4ccccc4-5)c3)n2)cc1. The Balaban J connectivity index is 0.976. The van der Waals surface area contributed by atoms with Gasteiger partial charge in [-0.15, -0.1) is 0 Å². The average Bonchev–Trinajstić information content (AvgIpc) is 3.61. The van der Waals surface area contributed by atoms with Crippen LogP contribution in [-0.2, 0) is 5.41 Å². The van der Waals surface area contributed by atoms with Gasteiger partial charge < -0.3 is 4.74 Å². The molecule has 2 heterocycles. The normalized spacial score (nSPS) is 12.9. The molecule has 280 valence electrons. The first kappa shape index (κ1) is 34.1. The lowest BCUT2D eigenvalue weighted by molar-refractivity contribution is 0.436. The van der Waals surface area contributed by atoms with Gasteiger partial charge in [-0.3, -0.25) is 0 Å². The molecule has 4 nitrogen and oxygen atoms in total. The molecule has 0 saturated carbocycles. The topological polar surface area (TPSA) is 47.9 Å². The summed E-state index contributed by atoms with van der Waals surface area (Å²) in [6.45, 7) is 0. The average molecular weight is 766 g/mol. The molecule has 12 rings (SSSR count). The molecular formula is C56H35N3O. The monoisotopic (exact) mass is 765 g/mol. The van der Waals surface area contributed by atoms with E-state index in [4.69, 9.17) is 19.7 Å². The van der Waals surface area contributed by atoms with E-state index >= 15 is 0 Å². The third-order valence-electron chi connectivity index (χ3n) is 12.2. The number of hydrogen-bond donors (Lipinski definition) is 0. The summed E-state index contributed by atoms with van der Waals surface area (Å²) in [4.78, 5) is 15.3. The quantitative estimate of drug-likeness (QED) is 0.175. The van der Waals surface area contributed by atoms with Crippen molar-refractivity contribution in [1.29, 1.82) is 0 Å². The summed E-state index contributed by atoms with van der Waals surface area (Å²) in [6, 6.07) is 75.1. The molecule has 1 aromatic heterocycles. The van der Waals surface area contributed by atoms with E-state index in [-0.39, 0.29) is 0 Å². The molecule has 0 bridgehead atoms. The van der Waals surface area contributed by atoms with Crippen LogP contribution < -0.4 is 4.74 Å². The lowest BCUT2D eigenvalue weighted by Gasteiger charge is -2.39. The Morgan fingerprint density at radius 2 is 0.767 bits per heavy atom. The molecule has 10 aromatic rings. The first-order chi connectivity index (χ1) is 29.7. The van der Waals surface area contributed by atoms with Gasteiger partial charge in [0.05, 0.1) is 5.41 Å². The van der Waals surface area contributed by atoms with E-state index in [0.717, 1.165) is 56.0 Å². The number of ether oxygens (including phenoxy) is 1. The molecular weight excluding hydrogens is 731 g/mol. The predicted octanol–water partition coefficient (Wildman–Crippen LogP) is 13.8. The van der Waals surface area contributed by atoms with Crippen molar-refractivity contribution in [3.63, 3.8) is 0 Å². The van der Waals surface area contributed by atoms with Gasteiger partial charge in [0.25, 0.3) is 0 Å². The Morgan fingerprint density at radius 3 is 1.52 bits per heavy atom. The van der Waals surface area contributed by atoms with Gasteiger partial charge in [0.1, 0.15) is 11.5 Å². The smallest absolute Gasteiger partial charge is 0.164 e. The van der Waals surface area contributed by atoms with E-state index in [1.165, 1.54) is 38.6 Å². The van der Waals surface area contributed by atoms with Gasteiger partial charge in [-0.2, -0.15) is 0 Å². The van der Waals surface area contributed by atoms with Crippen LogP contribution in [0.2, 0.25) is 0 Å². The summed E-state index contributed by atoms with van der Waals surface area (Å²) in [5.41, 5.74) is 14.0. The second-order valence-corrected chi connectivity index (χ2v) is 15.5. The molecule has 0 radical (unpaired) electrons. The largest absolute Gasteiger partial charge is 0.457 e. The van der Waals surface area contributed by atoms with E-state index in [1.54, 1.807) is 0 Å². The molecule has 4 heteroatoms. The van der Waals surface area contributed by atoms with E-state index in [2.05, 4.69) is 182 Å². The van der Waals surface area contributed by atoms with Crippen molar-refractivity contribution in [2.45, 2.75) is 5.41 Å². The van der Waals surface area contributed by atoms with Gasteiger partial charge in [0.2, 0.25) is 0 Å². The third-order valence-corrected chi connectivity index (χ3v) is 12.2. The molecule has 0 amide bonds. The van der Waals surface area contributed by atoms with Crippen LogP contribution in [0.5, 0.6) is 11.5 Å². The standard InChI is InChI=1S/C56H35N3O/c1-2-14-38(15-3-1)53-57-54(39-28-25-37(26-29-39)42-30-27-36-13-4-5-16-40(36)33-42)59-55(58-53)44-18-12-17-41(34-44)43-31-32-46-45-19-6-7-20-47(45)56(50(46)35-43)48-21-8-10-23-51(48)60-52-24-11-9-22-49(52)56/h1-35H. The Labute approximate surface area is 348 Å². The van der Waals surface area contributed by atoms with Crippen LogP contribution in [0.1, 0.15) is 22.3 Å². The minimum atomic E-state index is -0.539. The zero-order valence-electron chi connectivity index (χ0n) is 32.5. The van der Waals surface area contributed by atoms with Gasteiger partial charge in [0, 0.05) is 27.8 Å². The second kappa shape index (κ2) is 13.6. The van der Waals surface area contributed by atoms with E-state index in [0.29, 0.717) is 17.5 Å². The molecule has 60 heavy (non-hydrogen) atoms. The Morgan fingerprint density at radius 1 is 0.283 bits per heavy atom. The van der Waals surface area contributed by atoms with Crippen molar-refractivity contribution in [2.24, 2.45) is 0 Å². The zero-order valence-corrected chi connectivity index (χ0v) is 32.5. The summed E-state index contributed by atoms with van der Waals surface area (Å²) in [5.74, 6) is 3.65. The number of benzene rings is 9. The van der Waals surface area contributed by atoms with Crippen LogP contribution >= 0.6 is 0 Å². The molecule has 9 aromatic carbocycles. The first-order valence-electron chi connectivity index (χ1n) is 20.3. The molecule has 0 saturated heterocycles. The van der Waals surface area contributed by atoms with Crippen LogP contribution in [0.25, 0.3) is 78.3 Å². The molecule has 0 N–H and O–H groups in total. The molecule has 0 fully saturated rings. The maximum absolute atomic E-state index is 6.58. The van der Waals surface area contributed by atoms with Crippen LogP contribution in [0.4, 0.5) is 0 Å². The first-order valence-corrected chi connectivity index (χ1v) is 20.3. The van der Waals surface area contributed by atoms with Crippen molar-refractivity contribution < 1.29 is 4.74 Å². The summed E-state index contributed by atoms with van der Waals surface area (Å²) >= 11 is 0. The van der Waals surface area contributed by atoms with E-state index < -0.39 is 5.41 Å². The van der Waals surface area contributed by atoms with Gasteiger partial charge in [-0.1, -0.05) is 182 Å². The van der Waals surface area contributed by atoms with Crippen molar-refractivity contribution in [3.05, 3.63) is 235 Å². The Hall–Kier alpha value is -7.95. The fourth-order valence-electron chi connectivity index (χ4n) is 9.40. The molecule has 0 unspecified atom stereocenters. The Kier molecular flexibility index (Phi) is 7.72. The number of nitrogens with zero attached hydrogens (tertiary/aromatic N) is 3. The second-order valence-electron chi connectivity index (χ2n) is 15.5. The van der Waals surface area contributed by atoms with E-state index in [9.17, 15) is 0 Å². The Bertz CT molecular complexity index is 3250. The van der Waals surface area contributed by atoms with Crippen molar-refractivity contribution >= 4 is 10.8 Å². The number of fused-ring (bicyclic) bond motifs is 10. The molecule has 1 spiro atoms. The minimum Gasteiger partial charge on any atom is -0.457 e. The number of aromatic nitrogens is 3. The third kappa shape index (κ3) is 5.35. The molecule has 1 aliphatic heterocycles. The van der Waals surface area contributed by atoms with Gasteiger partial charge in [0.15, 0.2) is 17.5 Å². The number of hydrogen-bond acceptors (Lipinski definition) is 4. The van der Waals surface area contributed by atoms with Crippen LogP contribution in [0.3, 0.4) is 0 Å². The molecule has 2 aliphatic rings. The maximum atomic E-state index is 6.58. The predicted molar refractivity (Wildman–Crippen MR) is 242 cm³/mol. The lowest BCUT2D eigenvalue weighted by Crippen LogP contribution is -2.32. The molecule has 0 atom stereocenters. The van der Waals surface area contributed by atoms with Gasteiger partial charge in [-0.25, -0.2) is 15.0 Å². The fourth-order valence-corrected chi connectivity index (χ4v) is 9.40. The summed E-state index contributed by atoms with van der Waals surface area (Å²) < 4.78 is 6.58. The highest BCUT2D eigenvalue weighted by Crippen LogP contribution is 2.62. The number of para-hydroxylation sites is 2. The van der Waals surface area contributed by atoms with Gasteiger partial charge in [-0.05, 0) is 85.6 Å². The highest BCUT2D eigenvalue weighted by molar-refractivity contribution is 5.91. The molecule has 1 aliphatic carbocycles.